The molecular weight excluding hydrogens is 200 g/mol. The van der Waals surface area contributed by atoms with E-state index in [0.29, 0.717) is 17.9 Å². The maximum atomic E-state index is 4.29. The number of nitrogens with zero attached hydrogens (tertiary/aromatic N) is 3. The Hall–Kier alpha value is -0.900. The molecule has 0 fully saturated rings. The first kappa shape index (κ1) is 13.2. The fourth-order valence-corrected chi connectivity index (χ4v) is 1.87. The summed E-state index contributed by atoms with van der Waals surface area (Å²) in [4.78, 5) is 4.29. The van der Waals surface area contributed by atoms with Crippen molar-refractivity contribution in [3.05, 3.63) is 12.2 Å². The van der Waals surface area contributed by atoms with Gasteiger partial charge >= 0.3 is 0 Å². The average molecular weight is 224 g/mol. The van der Waals surface area contributed by atoms with Crippen molar-refractivity contribution in [3.8, 4) is 0 Å². The molecule has 2 unspecified atom stereocenters. The predicted octanol–water partition coefficient (Wildman–Crippen LogP) is 1.63. The van der Waals surface area contributed by atoms with Crippen LogP contribution in [0.3, 0.4) is 0 Å². The predicted molar refractivity (Wildman–Crippen MR) is 66.2 cm³/mol. The smallest absolute Gasteiger partial charge is 0.138 e. The van der Waals surface area contributed by atoms with Crippen LogP contribution in [0, 0.1) is 11.8 Å². The van der Waals surface area contributed by atoms with Gasteiger partial charge in [0.25, 0.3) is 0 Å². The van der Waals surface area contributed by atoms with Crippen molar-refractivity contribution in [2.75, 3.05) is 6.54 Å². The van der Waals surface area contributed by atoms with Gasteiger partial charge in [-0.1, -0.05) is 27.7 Å². The van der Waals surface area contributed by atoms with Gasteiger partial charge in [0.05, 0.1) is 0 Å². The van der Waals surface area contributed by atoms with Crippen molar-refractivity contribution in [2.45, 2.75) is 40.2 Å². The van der Waals surface area contributed by atoms with E-state index in [1.54, 1.807) is 6.33 Å². The van der Waals surface area contributed by atoms with Crippen LogP contribution in [0.4, 0.5) is 0 Å². The van der Waals surface area contributed by atoms with Crippen LogP contribution in [-0.2, 0) is 13.5 Å². The first-order valence-electron chi connectivity index (χ1n) is 6.12. The Bertz CT molecular complexity index is 306. The van der Waals surface area contributed by atoms with Gasteiger partial charge in [0.2, 0.25) is 0 Å². The Morgan fingerprint density at radius 1 is 1.38 bits per heavy atom. The van der Waals surface area contributed by atoms with E-state index in [2.05, 4.69) is 43.1 Å². The highest BCUT2D eigenvalue weighted by Crippen LogP contribution is 2.17. The molecule has 0 aliphatic heterocycles. The summed E-state index contributed by atoms with van der Waals surface area (Å²) in [5.41, 5.74) is 0. The molecule has 0 radical (unpaired) electrons. The quantitative estimate of drug-likeness (QED) is 0.798. The Kier molecular flexibility index (Phi) is 4.93. The first-order valence-corrected chi connectivity index (χ1v) is 6.12. The molecule has 4 nitrogen and oxygen atoms in total. The molecule has 92 valence electrons. The van der Waals surface area contributed by atoms with Gasteiger partial charge in [0, 0.05) is 19.5 Å². The SMILES string of the molecule is CCNC(Cc1ncnn1C)C(C)C(C)C. The van der Waals surface area contributed by atoms with Crippen LogP contribution in [0.2, 0.25) is 0 Å². The number of nitrogens with one attached hydrogen (secondary N) is 1. The third-order valence-corrected chi connectivity index (χ3v) is 3.36. The molecule has 1 aromatic rings. The van der Waals surface area contributed by atoms with Crippen molar-refractivity contribution in [2.24, 2.45) is 18.9 Å². The molecule has 0 saturated carbocycles. The standard InChI is InChI=1S/C12H24N4/c1-6-13-11(10(4)9(2)3)7-12-14-8-15-16(12)5/h8-11,13H,6-7H2,1-5H3. The monoisotopic (exact) mass is 224 g/mol. The minimum atomic E-state index is 0.480. The normalized spacial score (nSPS) is 15.4. The van der Waals surface area contributed by atoms with Crippen molar-refractivity contribution >= 4 is 0 Å². The Balaban J connectivity index is 2.68. The van der Waals surface area contributed by atoms with Crippen molar-refractivity contribution < 1.29 is 0 Å². The van der Waals surface area contributed by atoms with Crippen LogP contribution in [0.1, 0.15) is 33.5 Å². The first-order chi connectivity index (χ1) is 7.56. The minimum Gasteiger partial charge on any atom is -0.314 e. The largest absolute Gasteiger partial charge is 0.314 e. The van der Waals surface area contributed by atoms with Gasteiger partial charge in [-0.3, -0.25) is 4.68 Å². The molecule has 1 N–H and O–H groups in total. The molecular formula is C12H24N4. The summed E-state index contributed by atoms with van der Waals surface area (Å²) in [6.45, 7) is 9.99. The zero-order valence-electron chi connectivity index (χ0n) is 11.1. The number of aromatic nitrogens is 3. The van der Waals surface area contributed by atoms with E-state index in [9.17, 15) is 0 Å². The molecule has 0 aliphatic rings. The zero-order chi connectivity index (χ0) is 12.1. The van der Waals surface area contributed by atoms with E-state index in [0.717, 1.165) is 18.8 Å². The summed E-state index contributed by atoms with van der Waals surface area (Å²) in [7, 11) is 1.95. The fourth-order valence-electron chi connectivity index (χ4n) is 1.87. The minimum absolute atomic E-state index is 0.480. The Morgan fingerprint density at radius 3 is 2.50 bits per heavy atom. The fraction of sp³-hybridized carbons (Fsp3) is 0.833. The van der Waals surface area contributed by atoms with Gasteiger partial charge in [-0.2, -0.15) is 5.10 Å². The lowest BCUT2D eigenvalue weighted by Crippen LogP contribution is -2.39. The van der Waals surface area contributed by atoms with Crippen LogP contribution in [0.25, 0.3) is 0 Å². The van der Waals surface area contributed by atoms with Gasteiger partial charge in [-0.05, 0) is 18.4 Å². The van der Waals surface area contributed by atoms with Crippen LogP contribution in [0.5, 0.6) is 0 Å². The third-order valence-electron chi connectivity index (χ3n) is 3.36. The molecule has 1 aromatic heterocycles. The number of likely N-dealkylation sites (N-methyl/N-ethyl adjacent to an activating group) is 1. The van der Waals surface area contributed by atoms with Gasteiger partial charge in [0.1, 0.15) is 12.2 Å². The molecule has 0 aliphatic carbocycles. The summed E-state index contributed by atoms with van der Waals surface area (Å²) in [6.07, 6.45) is 2.57. The van der Waals surface area contributed by atoms with Crippen LogP contribution in [-0.4, -0.2) is 27.4 Å². The molecule has 0 saturated heterocycles. The van der Waals surface area contributed by atoms with E-state index in [4.69, 9.17) is 0 Å². The summed E-state index contributed by atoms with van der Waals surface area (Å²) < 4.78 is 1.86. The van der Waals surface area contributed by atoms with Crippen molar-refractivity contribution in [1.82, 2.24) is 20.1 Å². The van der Waals surface area contributed by atoms with Crippen molar-refractivity contribution in [1.29, 1.82) is 0 Å². The molecule has 1 rings (SSSR count). The van der Waals surface area contributed by atoms with Gasteiger partial charge in [-0.15, -0.1) is 0 Å². The molecule has 1 heterocycles. The molecule has 0 bridgehead atoms. The molecule has 4 heteroatoms. The highest BCUT2D eigenvalue weighted by Gasteiger charge is 2.21. The van der Waals surface area contributed by atoms with Crippen molar-refractivity contribution in [3.63, 3.8) is 0 Å². The number of aryl methyl sites for hydroxylation is 1. The number of hydrogen-bond acceptors (Lipinski definition) is 3. The number of hydrogen-bond donors (Lipinski definition) is 1. The van der Waals surface area contributed by atoms with Gasteiger partial charge in [0.15, 0.2) is 0 Å². The van der Waals surface area contributed by atoms with E-state index in [-0.39, 0.29) is 0 Å². The molecule has 0 spiro atoms. The molecule has 0 aromatic carbocycles. The molecule has 2 atom stereocenters. The second-order valence-corrected chi connectivity index (χ2v) is 4.77. The maximum absolute atomic E-state index is 4.29. The lowest BCUT2D eigenvalue weighted by atomic mass is 9.88. The Morgan fingerprint density at radius 2 is 2.06 bits per heavy atom. The summed E-state index contributed by atoms with van der Waals surface area (Å²) in [6, 6.07) is 0.480. The van der Waals surface area contributed by atoms with Crippen LogP contribution < -0.4 is 5.32 Å². The Labute approximate surface area is 98.5 Å². The van der Waals surface area contributed by atoms with Crippen LogP contribution in [0.15, 0.2) is 6.33 Å². The highest BCUT2D eigenvalue weighted by atomic mass is 15.3. The second kappa shape index (κ2) is 5.99. The van der Waals surface area contributed by atoms with E-state index < -0.39 is 0 Å². The lowest BCUT2D eigenvalue weighted by molar-refractivity contribution is 0.295. The highest BCUT2D eigenvalue weighted by molar-refractivity contribution is 4.91. The van der Waals surface area contributed by atoms with Gasteiger partial charge < -0.3 is 5.32 Å². The maximum Gasteiger partial charge on any atom is 0.138 e. The summed E-state index contributed by atoms with van der Waals surface area (Å²) in [5.74, 6) is 2.37. The molecule has 0 amide bonds. The third kappa shape index (κ3) is 3.30. The van der Waals surface area contributed by atoms with E-state index >= 15 is 0 Å². The van der Waals surface area contributed by atoms with E-state index in [1.165, 1.54) is 0 Å². The van der Waals surface area contributed by atoms with Gasteiger partial charge in [-0.25, -0.2) is 4.98 Å². The topological polar surface area (TPSA) is 42.7 Å². The summed E-state index contributed by atoms with van der Waals surface area (Å²) in [5, 5.41) is 7.66. The zero-order valence-corrected chi connectivity index (χ0v) is 11.1. The van der Waals surface area contributed by atoms with E-state index in [1.807, 2.05) is 11.7 Å². The van der Waals surface area contributed by atoms with Crippen LogP contribution >= 0.6 is 0 Å². The lowest BCUT2D eigenvalue weighted by Gasteiger charge is -2.27. The second-order valence-electron chi connectivity index (χ2n) is 4.77. The molecule has 16 heavy (non-hydrogen) atoms. The number of rotatable bonds is 6. The average Bonchev–Trinajstić information content (AvgIpc) is 2.62. The summed E-state index contributed by atoms with van der Waals surface area (Å²) >= 11 is 0.